The van der Waals surface area contributed by atoms with E-state index < -0.39 is 6.04 Å². The number of carbonyl (C=O) groups is 1. The third-order valence-corrected chi connectivity index (χ3v) is 3.54. The van der Waals surface area contributed by atoms with Gasteiger partial charge in [0.05, 0.1) is 30.1 Å². The van der Waals surface area contributed by atoms with E-state index in [0.29, 0.717) is 29.9 Å². The molecule has 0 bridgehead atoms. The Hall–Kier alpha value is -2.41. The number of nitrogens with one attached hydrogen (secondary N) is 1. The Morgan fingerprint density at radius 2 is 2.09 bits per heavy atom. The minimum absolute atomic E-state index is 0.131. The van der Waals surface area contributed by atoms with E-state index in [9.17, 15) is 9.59 Å². The van der Waals surface area contributed by atoms with Crippen molar-refractivity contribution in [2.45, 2.75) is 19.5 Å². The predicted octanol–water partition coefficient (Wildman–Crippen LogP) is 1.38. The highest BCUT2D eigenvalue weighted by Gasteiger charge is 2.18. The highest BCUT2D eigenvalue weighted by molar-refractivity contribution is 5.77. The van der Waals surface area contributed by atoms with Gasteiger partial charge in [0.1, 0.15) is 5.82 Å². The average Bonchev–Trinajstić information content (AvgIpc) is 2.53. The highest BCUT2D eigenvalue weighted by Crippen LogP contribution is 2.14. The third kappa shape index (κ3) is 3.68. The number of ether oxygens (including phenoxy) is 1. The average molecular weight is 318 g/mol. The third-order valence-electron chi connectivity index (χ3n) is 3.54. The summed E-state index contributed by atoms with van der Waals surface area (Å²) in [5.74, 6) is 0.515. The molecule has 7 nitrogen and oxygen atoms in total. The predicted molar refractivity (Wildman–Crippen MR) is 88.5 cm³/mol. The normalized spacial score (nSPS) is 12.2. The van der Waals surface area contributed by atoms with Gasteiger partial charge in [-0.25, -0.2) is 9.78 Å². The van der Waals surface area contributed by atoms with Crippen LogP contribution in [0.15, 0.2) is 29.1 Å². The summed E-state index contributed by atoms with van der Waals surface area (Å²) >= 11 is 0. The Balaban J connectivity index is 2.51. The largest absolute Gasteiger partial charge is 0.383 e. The second-order valence-corrected chi connectivity index (χ2v) is 5.50. The molecule has 1 N–H and O–H groups in total. The highest BCUT2D eigenvalue weighted by atomic mass is 16.5. The van der Waals surface area contributed by atoms with Gasteiger partial charge >= 0.3 is 6.03 Å². The first-order valence-corrected chi connectivity index (χ1v) is 7.42. The van der Waals surface area contributed by atoms with E-state index in [-0.39, 0.29) is 11.6 Å². The van der Waals surface area contributed by atoms with Gasteiger partial charge in [0.2, 0.25) is 0 Å². The van der Waals surface area contributed by atoms with Crippen LogP contribution >= 0.6 is 0 Å². The Kier molecular flexibility index (Phi) is 5.33. The summed E-state index contributed by atoms with van der Waals surface area (Å²) in [5.41, 5.74) is 0.487. The molecule has 1 unspecified atom stereocenters. The van der Waals surface area contributed by atoms with E-state index in [1.54, 1.807) is 44.8 Å². The molecule has 0 saturated carbocycles. The van der Waals surface area contributed by atoms with Gasteiger partial charge in [0, 0.05) is 21.2 Å². The zero-order valence-corrected chi connectivity index (χ0v) is 13.9. The van der Waals surface area contributed by atoms with Gasteiger partial charge in [0.25, 0.3) is 5.56 Å². The van der Waals surface area contributed by atoms with Crippen molar-refractivity contribution < 1.29 is 9.53 Å². The van der Waals surface area contributed by atoms with E-state index >= 15 is 0 Å². The van der Waals surface area contributed by atoms with Crippen LogP contribution in [0.4, 0.5) is 4.79 Å². The number of methoxy groups -OCH3 is 1. The molecule has 1 aromatic carbocycles. The smallest absolute Gasteiger partial charge is 0.317 e. The van der Waals surface area contributed by atoms with Crippen molar-refractivity contribution in [3.63, 3.8) is 0 Å². The molecule has 0 aliphatic carbocycles. The van der Waals surface area contributed by atoms with E-state index in [4.69, 9.17) is 4.74 Å². The number of hydrogen-bond acceptors (Lipinski definition) is 4. The number of amides is 2. The van der Waals surface area contributed by atoms with Crippen LogP contribution in [0.5, 0.6) is 0 Å². The first-order chi connectivity index (χ1) is 11.0. The minimum Gasteiger partial charge on any atom is -0.383 e. The molecule has 23 heavy (non-hydrogen) atoms. The number of para-hydroxylation sites is 1. The molecule has 7 heteroatoms. The molecule has 2 amide bonds. The number of nitrogens with zero attached hydrogens (tertiary/aromatic N) is 3. The van der Waals surface area contributed by atoms with Crippen LogP contribution in [0.1, 0.15) is 18.8 Å². The van der Waals surface area contributed by atoms with Crippen molar-refractivity contribution in [1.29, 1.82) is 0 Å². The molecule has 2 rings (SSSR count). The van der Waals surface area contributed by atoms with E-state index in [2.05, 4.69) is 10.3 Å². The van der Waals surface area contributed by atoms with Crippen molar-refractivity contribution in [1.82, 2.24) is 19.8 Å². The van der Waals surface area contributed by atoms with Crippen molar-refractivity contribution in [2.24, 2.45) is 0 Å². The molecule has 0 spiro atoms. The number of hydrogen-bond donors (Lipinski definition) is 1. The van der Waals surface area contributed by atoms with Crippen molar-refractivity contribution >= 4 is 16.9 Å². The van der Waals surface area contributed by atoms with Gasteiger partial charge in [-0.1, -0.05) is 12.1 Å². The van der Waals surface area contributed by atoms with E-state index in [0.717, 1.165) is 0 Å². The summed E-state index contributed by atoms with van der Waals surface area (Å²) in [7, 11) is 4.90. The lowest BCUT2D eigenvalue weighted by Gasteiger charge is -2.21. The number of fused-ring (bicyclic) bond motifs is 1. The summed E-state index contributed by atoms with van der Waals surface area (Å²) in [6, 6.07) is 6.55. The monoisotopic (exact) mass is 318 g/mol. The first kappa shape index (κ1) is 17.0. The molecule has 2 aromatic rings. The first-order valence-electron chi connectivity index (χ1n) is 7.42. The minimum atomic E-state index is -0.404. The fourth-order valence-corrected chi connectivity index (χ4v) is 2.29. The molecule has 1 atom stereocenters. The zero-order valence-electron chi connectivity index (χ0n) is 13.9. The molecule has 0 aliphatic rings. The number of aromatic nitrogens is 2. The quantitative estimate of drug-likeness (QED) is 0.903. The van der Waals surface area contributed by atoms with Gasteiger partial charge in [-0.15, -0.1) is 0 Å². The van der Waals surface area contributed by atoms with Crippen molar-refractivity contribution in [3.8, 4) is 0 Å². The van der Waals surface area contributed by atoms with Crippen LogP contribution in [0.25, 0.3) is 10.9 Å². The Labute approximate surface area is 134 Å². The molecule has 0 radical (unpaired) electrons. The van der Waals surface area contributed by atoms with Crippen LogP contribution in [0.3, 0.4) is 0 Å². The van der Waals surface area contributed by atoms with Gasteiger partial charge < -0.3 is 15.0 Å². The standard InChI is InChI=1S/C16H22N4O3/c1-11(17-16(22)19(2)3)14-18-13-8-6-5-7-12(13)15(21)20(14)9-10-23-4/h5-8,11H,9-10H2,1-4H3,(H,17,22). The van der Waals surface area contributed by atoms with Crippen LogP contribution in [-0.4, -0.2) is 48.3 Å². The van der Waals surface area contributed by atoms with Crippen LogP contribution < -0.4 is 10.9 Å². The number of rotatable bonds is 5. The molecular weight excluding hydrogens is 296 g/mol. The van der Waals surface area contributed by atoms with Crippen LogP contribution in [-0.2, 0) is 11.3 Å². The molecular formula is C16H22N4O3. The second-order valence-electron chi connectivity index (χ2n) is 5.50. The maximum Gasteiger partial charge on any atom is 0.317 e. The van der Waals surface area contributed by atoms with E-state index in [1.165, 1.54) is 4.90 Å². The molecule has 1 aromatic heterocycles. The Morgan fingerprint density at radius 3 is 2.74 bits per heavy atom. The molecule has 124 valence electrons. The summed E-state index contributed by atoms with van der Waals surface area (Å²) in [6.07, 6.45) is 0. The number of benzene rings is 1. The van der Waals surface area contributed by atoms with Gasteiger partial charge in [-0.05, 0) is 19.1 Å². The summed E-state index contributed by atoms with van der Waals surface area (Å²) in [6.45, 7) is 2.58. The molecule has 0 saturated heterocycles. The summed E-state index contributed by atoms with van der Waals surface area (Å²) in [4.78, 5) is 30.6. The van der Waals surface area contributed by atoms with Crippen LogP contribution in [0, 0.1) is 0 Å². The maximum absolute atomic E-state index is 12.7. The topological polar surface area (TPSA) is 76.5 Å². The molecule has 0 fully saturated rings. The lowest BCUT2D eigenvalue weighted by molar-refractivity contribution is 0.183. The molecule has 0 aliphatic heterocycles. The summed E-state index contributed by atoms with van der Waals surface area (Å²) < 4.78 is 6.65. The Morgan fingerprint density at radius 1 is 1.39 bits per heavy atom. The van der Waals surface area contributed by atoms with E-state index in [1.807, 2.05) is 12.1 Å². The van der Waals surface area contributed by atoms with Crippen molar-refractivity contribution in [2.75, 3.05) is 27.8 Å². The summed E-state index contributed by atoms with van der Waals surface area (Å²) in [5, 5.41) is 3.38. The fourth-order valence-electron chi connectivity index (χ4n) is 2.29. The SMILES string of the molecule is COCCn1c(C(C)NC(=O)N(C)C)nc2ccccc2c1=O. The molecule has 1 heterocycles. The lowest BCUT2D eigenvalue weighted by atomic mass is 10.2. The van der Waals surface area contributed by atoms with Gasteiger partial charge in [-0.2, -0.15) is 0 Å². The lowest BCUT2D eigenvalue weighted by Crippen LogP contribution is -2.39. The Bertz CT molecular complexity index is 755. The maximum atomic E-state index is 12.7. The van der Waals surface area contributed by atoms with Crippen LogP contribution in [0.2, 0.25) is 0 Å². The second kappa shape index (κ2) is 7.23. The van der Waals surface area contributed by atoms with Gasteiger partial charge in [-0.3, -0.25) is 9.36 Å². The van der Waals surface area contributed by atoms with Crippen molar-refractivity contribution in [3.05, 3.63) is 40.4 Å². The van der Waals surface area contributed by atoms with Gasteiger partial charge in [0.15, 0.2) is 0 Å². The fraction of sp³-hybridized carbons (Fsp3) is 0.438. The number of urea groups is 1. The zero-order chi connectivity index (χ0) is 17.0. The number of carbonyl (C=O) groups excluding carboxylic acids is 1.